The highest BCUT2D eigenvalue weighted by Gasteiger charge is 2.26. The Morgan fingerprint density at radius 3 is 2.45 bits per heavy atom. The van der Waals surface area contributed by atoms with Gasteiger partial charge in [-0.05, 0) is 40.8 Å². The minimum Gasteiger partial charge on any atom is -0.493 e. The Kier molecular flexibility index (Phi) is 6.08. The van der Waals surface area contributed by atoms with Crippen molar-refractivity contribution >= 4 is 29.1 Å². The number of nitrogens with one attached hydrogen (secondary N) is 1. The molecule has 3 aromatic rings. The van der Waals surface area contributed by atoms with Crippen molar-refractivity contribution in [3.63, 3.8) is 0 Å². The third-order valence-electron chi connectivity index (χ3n) is 4.83. The number of anilines is 1. The Balaban J connectivity index is 1.67. The van der Waals surface area contributed by atoms with Gasteiger partial charge in [-0.25, -0.2) is 4.98 Å². The van der Waals surface area contributed by atoms with E-state index in [0.717, 1.165) is 28.0 Å². The molecule has 0 spiro atoms. The van der Waals surface area contributed by atoms with Crippen LogP contribution in [0, 0.1) is 0 Å². The second kappa shape index (κ2) is 9.09. The second-order valence-corrected chi connectivity index (χ2v) is 7.55. The van der Waals surface area contributed by atoms with Gasteiger partial charge in [-0.3, -0.25) is 9.78 Å². The molecule has 1 N–H and O–H groups in total. The van der Waals surface area contributed by atoms with Crippen LogP contribution in [0.3, 0.4) is 0 Å². The van der Waals surface area contributed by atoms with Gasteiger partial charge in [0.1, 0.15) is 5.82 Å². The number of ether oxygens (including phenoxy) is 3. The van der Waals surface area contributed by atoms with Crippen LogP contribution in [-0.4, -0.2) is 37.2 Å². The van der Waals surface area contributed by atoms with Crippen molar-refractivity contribution < 1.29 is 19.0 Å². The van der Waals surface area contributed by atoms with E-state index in [1.54, 1.807) is 45.5 Å². The minimum absolute atomic E-state index is 0.164. The van der Waals surface area contributed by atoms with Gasteiger partial charge in [-0.1, -0.05) is 6.07 Å². The molecule has 7 nitrogen and oxygen atoms in total. The van der Waals surface area contributed by atoms with Gasteiger partial charge in [0.2, 0.25) is 5.75 Å². The second-order valence-electron chi connectivity index (χ2n) is 6.69. The van der Waals surface area contributed by atoms with E-state index in [1.807, 2.05) is 41.9 Å². The van der Waals surface area contributed by atoms with Crippen LogP contribution in [0.4, 0.5) is 5.82 Å². The predicted octanol–water partition coefficient (Wildman–Crippen LogP) is 4.40. The van der Waals surface area contributed by atoms with Crippen LogP contribution in [0.25, 0.3) is 16.7 Å². The Morgan fingerprint density at radius 1 is 1.03 bits per heavy atom. The van der Waals surface area contributed by atoms with Gasteiger partial charge < -0.3 is 19.5 Å². The van der Waals surface area contributed by atoms with Crippen LogP contribution < -0.4 is 19.5 Å². The number of carbonyl (C=O) groups is 1. The van der Waals surface area contributed by atoms with E-state index in [9.17, 15) is 4.79 Å². The molecule has 0 atom stereocenters. The van der Waals surface area contributed by atoms with E-state index in [2.05, 4.69) is 15.3 Å². The number of nitrogens with zero attached hydrogens (tertiary/aromatic N) is 2. The summed E-state index contributed by atoms with van der Waals surface area (Å²) in [7, 11) is 4.71. The highest BCUT2D eigenvalue weighted by molar-refractivity contribution is 8.01. The summed E-state index contributed by atoms with van der Waals surface area (Å²) in [5.74, 6) is 2.73. The van der Waals surface area contributed by atoms with E-state index >= 15 is 0 Å². The van der Waals surface area contributed by atoms with Gasteiger partial charge in [0.25, 0.3) is 5.91 Å². The number of fused-ring (bicyclic) bond motifs is 1. The molecule has 0 saturated carbocycles. The molecule has 0 bridgehead atoms. The Hall–Kier alpha value is -3.52. The van der Waals surface area contributed by atoms with Crippen LogP contribution in [0.15, 0.2) is 54.3 Å². The molecule has 1 aliphatic heterocycles. The molecular formula is C23H21N3O4S. The molecule has 31 heavy (non-hydrogen) atoms. The molecule has 2 aromatic heterocycles. The van der Waals surface area contributed by atoms with E-state index < -0.39 is 0 Å². The first kappa shape index (κ1) is 20.7. The molecule has 1 aromatic carbocycles. The van der Waals surface area contributed by atoms with Crippen LogP contribution in [0.2, 0.25) is 0 Å². The zero-order chi connectivity index (χ0) is 21.8. The monoisotopic (exact) mass is 435 g/mol. The summed E-state index contributed by atoms with van der Waals surface area (Å²) in [5.41, 5.74) is 4.11. The third kappa shape index (κ3) is 4.20. The van der Waals surface area contributed by atoms with Gasteiger partial charge in [0.15, 0.2) is 11.5 Å². The number of benzene rings is 1. The quantitative estimate of drug-likeness (QED) is 0.551. The number of methoxy groups -OCH3 is 3. The summed E-state index contributed by atoms with van der Waals surface area (Å²) in [5, 5.41) is 4.69. The van der Waals surface area contributed by atoms with E-state index in [4.69, 9.17) is 14.2 Å². The summed E-state index contributed by atoms with van der Waals surface area (Å²) in [6, 6.07) is 9.56. The number of carbonyl (C=O) groups excluding carboxylic acids is 1. The third-order valence-corrected chi connectivity index (χ3v) is 5.73. The highest BCUT2D eigenvalue weighted by Crippen LogP contribution is 2.42. The molecule has 4 rings (SSSR count). The van der Waals surface area contributed by atoms with Gasteiger partial charge in [-0.2, -0.15) is 0 Å². The molecule has 0 unspecified atom stereocenters. The van der Waals surface area contributed by atoms with Crippen LogP contribution in [0.1, 0.15) is 11.1 Å². The van der Waals surface area contributed by atoms with Crippen molar-refractivity contribution in [1.82, 2.24) is 9.97 Å². The van der Waals surface area contributed by atoms with Crippen LogP contribution >= 0.6 is 11.8 Å². The van der Waals surface area contributed by atoms with Crippen molar-refractivity contribution in [3.05, 3.63) is 65.5 Å². The molecular weight excluding hydrogens is 414 g/mol. The fourth-order valence-electron chi connectivity index (χ4n) is 3.29. The first-order valence-electron chi connectivity index (χ1n) is 9.47. The van der Waals surface area contributed by atoms with Crippen molar-refractivity contribution in [2.45, 2.75) is 5.75 Å². The van der Waals surface area contributed by atoms with Crippen molar-refractivity contribution in [2.24, 2.45) is 0 Å². The molecule has 1 amide bonds. The largest absolute Gasteiger partial charge is 0.493 e. The molecule has 0 radical (unpaired) electrons. The smallest absolute Gasteiger partial charge is 0.258 e. The van der Waals surface area contributed by atoms with Crippen LogP contribution in [0.5, 0.6) is 17.2 Å². The normalized spacial score (nSPS) is 13.6. The van der Waals surface area contributed by atoms with Gasteiger partial charge in [0.05, 0.1) is 26.9 Å². The fourth-order valence-corrected chi connectivity index (χ4v) is 4.14. The van der Waals surface area contributed by atoms with Crippen LogP contribution in [-0.2, 0) is 10.5 Å². The average Bonchev–Trinajstić information content (AvgIpc) is 3.13. The maximum atomic E-state index is 12.5. The Labute approximate surface area is 184 Å². The number of thioether (sulfide) groups is 1. The van der Waals surface area contributed by atoms with Crippen molar-refractivity contribution in [2.75, 3.05) is 26.6 Å². The van der Waals surface area contributed by atoms with E-state index in [1.165, 1.54) is 0 Å². The van der Waals surface area contributed by atoms with Crippen molar-refractivity contribution in [1.29, 1.82) is 0 Å². The lowest BCUT2D eigenvalue weighted by Gasteiger charge is -2.14. The van der Waals surface area contributed by atoms with E-state index in [0.29, 0.717) is 28.6 Å². The highest BCUT2D eigenvalue weighted by atomic mass is 32.2. The van der Waals surface area contributed by atoms with Gasteiger partial charge in [-0.15, -0.1) is 11.8 Å². The SMILES string of the molecule is COc1cc(-c2cnc3c(c2)/C(=C\SCc2cccnc2)C(=O)N3)cc(OC)c1OC. The topological polar surface area (TPSA) is 82.6 Å². The number of rotatable bonds is 7. The molecule has 0 fully saturated rings. The lowest BCUT2D eigenvalue weighted by Crippen LogP contribution is -2.03. The Bertz CT molecular complexity index is 1120. The number of hydrogen-bond donors (Lipinski definition) is 1. The molecule has 0 aliphatic carbocycles. The predicted molar refractivity (Wildman–Crippen MR) is 121 cm³/mol. The number of amides is 1. The van der Waals surface area contributed by atoms with Crippen molar-refractivity contribution in [3.8, 4) is 28.4 Å². The average molecular weight is 436 g/mol. The first-order valence-corrected chi connectivity index (χ1v) is 10.5. The van der Waals surface area contributed by atoms with Gasteiger partial charge >= 0.3 is 0 Å². The summed E-state index contributed by atoms with van der Waals surface area (Å²) >= 11 is 1.54. The first-order chi connectivity index (χ1) is 15.1. The maximum Gasteiger partial charge on any atom is 0.258 e. The molecule has 3 heterocycles. The maximum absolute atomic E-state index is 12.5. The fraction of sp³-hybridized carbons (Fsp3) is 0.174. The van der Waals surface area contributed by atoms with E-state index in [-0.39, 0.29) is 5.91 Å². The number of aromatic nitrogens is 2. The summed E-state index contributed by atoms with van der Waals surface area (Å²) < 4.78 is 16.3. The zero-order valence-electron chi connectivity index (χ0n) is 17.3. The summed E-state index contributed by atoms with van der Waals surface area (Å²) in [6.07, 6.45) is 5.27. The Morgan fingerprint density at radius 2 is 1.81 bits per heavy atom. The molecule has 1 aliphatic rings. The summed E-state index contributed by atoms with van der Waals surface area (Å²) in [4.78, 5) is 21.1. The molecule has 0 saturated heterocycles. The lowest BCUT2D eigenvalue weighted by molar-refractivity contribution is -0.110. The molecule has 8 heteroatoms. The number of pyridine rings is 2. The molecule has 158 valence electrons. The lowest BCUT2D eigenvalue weighted by atomic mass is 10.0. The van der Waals surface area contributed by atoms with Gasteiger partial charge in [0, 0.05) is 35.5 Å². The standard InChI is InChI=1S/C23H21N3O4S/c1-28-19-8-15(9-20(29-2)21(19)30-3)16-7-17-18(23(27)26-22(17)25-11-16)13-31-12-14-5-4-6-24-10-14/h4-11,13H,12H2,1-3H3,(H,25,26,27)/b18-13+. The number of hydrogen-bond acceptors (Lipinski definition) is 7. The minimum atomic E-state index is -0.164. The zero-order valence-corrected chi connectivity index (χ0v) is 18.2. The summed E-state index contributed by atoms with van der Waals surface area (Å²) in [6.45, 7) is 0.